The lowest BCUT2D eigenvalue weighted by molar-refractivity contribution is -0.384. The Bertz CT molecular complexity index is 478. The summed E-state index contributed by atoms with van der Waals surface area (Å²) in [6.07, 6.45) is 3.80. The minimum absolute atomic E-state index is 0.0764. The van der Waals surface area contributed by atoms with Crippen molar-refractivity contribution in [2.24, 2.45) is 11.7 Å². The molecule has 19 heavy (non-hydrogen) atoms. The number of aryl methyl sites for hydroxylation is 1. The molecule has 0 spiro atoms. The normalized spacial score (nSPS) is 23.4. The Morgan fingerprint density at radius 2 is 2.37 bits per heavy atom. The van der Waals surface area contributed by atoms with E-state index in [1.165, 1.54) is 0 Å². The first-order valence-corrected chi connectivity index (χ1v) is 6.62. The van der Waals surface area contributed by atoms with Gasteiger partial charge in [0.05, 0.1) is 4.92 Å². The van der Waals surface area contributed by atoms with Crippen LogP contribution in [-0.4, -0.2) is 29.0 Å². The third-order valence-electron chi connectivity index (χ3n) is 3.81. The number of piperidine rings is 1. The topological polar surface area (TPSA) is 85.3 Å². The van der Waals surface area contributed by atoms with Crippen LogP contribution in [0, 0.1) is 23.0 Å². The molecule has 2 atom stereocenters. The molecule has 1 aliphatic rings. The second kappa shape index (κ2) is 5.52. The minimum atomic E-state index is -0.359. The zero-order valence-corrected chi connectivity index (χ0v) is 11.4. The summed E-state index contributed by atoms with van der Waals surface area (Å²) >= 11 is 0. The van der Waals surface area contributed by atoms with E-state index in [1.54, 1.807) is 12.3 Å². The van der Waals surface area contributed by atoms with Gasteiger partial charge in [0, 0.05) is 31.4 Å². The molecule has 2 N–H and O–H groups in total. The van der Waals surface area contributed by atoms with Crippen LogP contribution < -0.4 is 10.6 Å². The largest absolute Gasteiger partial charge is 0.346 e. The first kappa shape index (κ1) is 13.7. The van der Waals surface area contributed by atoms with E-state index in [0.717, 1.165) is 24.9 Å². The second-order valence-electron chi connectivity index (χ2n) is 5.23. The molecule has 0 saturated carbocycles. The number of anilines is 1. The third-order valence-corrected chi connectivity index (χ3v) is 3.81. The van der Waals surface area contributed by atoms with Crippen molar-refractivity contribution in [2.75, 3.05) is 18.0 Å². The van der Waals surface area contributed by atoms with Crippen molar-refractivity contribution < 1.29 is 4.92 Å². The van der Waals surface area contributed by atoms with Gasteiger partial charge in [-0.2, -0.15) is 0 Å². The van der Waals surface area contributed by atoms with Gasteiger partial charge >= 0.3 is 5.69 Å². The first-order chi connectivity index (χ1) is 9.04. The van der Waals surface area contributed by atoms with E-state index < -0.39 is 0 Å². The fourth-order valence-electron chi connectivity index (χ4n) is 2.77. The molecule has 0 aromatic carbocycles. The van der Waals surface area contributed by atoms with E-state index in [0.29, 0.717) is 18.3 Å². The van der Waals surface area contributed by atoms with E-state index in [9.17, 15) is 10.1 Å². The maximum Gasteiger partial charge on any atom is 0.311 e. The summed E-state index contributed by atoms with van der Waals surface area (Å²) in [5.74, 6) is 0.888. The van der Waals surface area contributed by atoms with Crippen LogP contribution in [0.2, 0.25) is 0 Å². The smallest absolute Gasteiger partial charge is 0.311 e. The molecule has 0 amide bonds. The maximum absolute atomic E-state index is 11.2. The van der Waals surface area contributed by atoms with Crippen molar-refractivity contribution in [3.63, 3.8) is 0 Å². The molecule has 2 heterocycles. The second-order valence-corrected chi connectivity index (χ2v) is 5.23. The van der Waals surface area contributed by atoms with Crippen LogP contribution in [-0.2, 0) is 0 Å². The SMILES string of the molecule is Cc1cnc(N2CCCC(C)C2CN)c([N+](=O)[O-])c1. The number of nitrogens with zero attached hydrogens (tertiary/aromatic N) is 3. The number of rotatable bonds is 3. The number of pyridine rings is 1. The van der Waals surface area contributed by atoms with Gasteiger partial charge in [0.2, 0.25) is 5.82 Å². The van der Waals surface area contributed by atoms with Crippen LogP contribution in [0.25, 0.3) is 0 Å². The molecule has 104 valence electrons. The van der Waals surface area contributed by atoms with Crippen LogP contribution in [0.15, 0.2) is 12.3 Å². The van der Waals surface area contributed by atoms with Gasteiger partial charge in [-0.15, -0.1) is 0 Å². The molecular formula is C13H20N4O2. The summed E-state index contributed by atoms with van der Waals surface area (Å²) in [4.78, 5) is 17.1. The van der Waals surface area contributed by atoms with Gasteiger partial charge in [0.25, 0.3) is 0 Å². The van der Waals surface area contributed by atoms with Gasteiger partial charge in [-0.1, -0.05) is 6.92 Å². The quantitative estimate of drug-likeness (QED) is 0.665. The third kappa shape index (κ3) is 2.68. The van der Waals surface area contributed by atoms with Crippen LogP contribution >= 0.6 is 0 Å². The number of nitro groups is 1. The Morgan fingerprint density at radius 1 is 1.63 bits per heavy atom. The van der Waals surface area contributed by atoms with Crippen molar-refractivity contribution in [2.45, 2.75) is 32.7 Å². The highest BCUT2D eigenvalue weighted by molar-refractivity contribution is 5.59. The molecule has 1 aromatic rings. The van der Waals surface area contributed by atoms with Crippen molar-refractivity contribution in [1.82, 2.24) is 4.98 Å². The number of aromatic nitrogens is 1. The fourth-order valence-corrected chi connectivity index (χ4v) is 2.77. The van der Waals surface area contributed by atoms with E-state index in [2.05, 4.69) is 11.9 Å². The lowest BCUT2D eigenvalue weighted by atomic mass is 9.90. The monoisotopic (exact) mass is 264 g/mol. The molecule has 1 fully saturated rings. The number of hydrogen-bond acceptors (Lipinski definition) is 5. The van der Waals surface area contributed by atoms with Gasteiger partial charge < -0.3 is 10.6 Å². The number of nitrogens with two attached hydrogens (primary N) is 1. The Kier molecular flexibility index (Phi) is 3.99. The predicted octanol–water partition coefficient (Wildman–Crippen LogP) is 1.86. The molecule has 0 radical (unpaired) electrons. The average Bonchev–Trinajstić information content (AvgIpc) is 2.38. The molecule has 2 rings (SSSR count). The molecule has 1 saturated heterocycles. The lowest BCUT2D eigenvalue weighted by Crippen LogP contribution is -2.49. The molecule has 0 aliphatic carbocycles. The van der Waals surface area contributed by atoms with E-state index in [-0.39, 0.29) is 16.7 Å². The number of hydrogen-bond donors (Lipinski definition) is 1. The Morgan fingerprint density at radius 3 is 3.00 bits per heavy atom. The van der Waals surface area contributed by atoms with E-state index in [4.69, 9.17) is 5.73 Å². The average molecular weight is 264 g/mol. The van der Waals surface area contributed by atoms with Crippen molar-refractivity contribution >= 4 is 11.5 Å². The first-order valence-electron chi connectivity index (χ1n) is 6.62. The van der Waals surface area contributed by atoms with Crippen LogP contribution in [0.4, 0.5) is 11.5 Å². The van der Waals surface area contributed by atoms with Crippen LogP contribution in [0.5, 0.6) is 0 Å². The summed E-state index contributed by atoms with van der Waals surface area (Å²) in [7, 11) is 0. The van der Waals surface area contributed by atoms with Crippen molar-refractivity contribution in [3.05, 3.63) is 27.9 Å². The molecule has 6 nitrogen and oxygen atoms in total. The Balaban J connectivity index is 2.42. The summed E-state index contributed by atoms with van der Waals surface area (Å²) in [5.41, 5.74) is 6.71. The molecule has 2 unspecified atom stereocenters. The molecule has 0 bridgehead atoms. The fraction of sp³-hybridized carbons (Fsp3) is 0.615. The van der Waals surface area contributed by atoms with Gasteiger partial charge in [-0.05, 0) is 31.2 Å². The molecular weight excluding hydrogens is 244 g/mol. The van der Waals surface area contributed by atoms with Crippen molar-refractivity contribution in [3.8, 4) is 0 Å². The Labute approximate surface area is 112 Å². The van der Waals surface area contributed by atoms with Crippen LogP contribution in [0.3, 0.4) is 0 Å². The van der Waals surface area contributed by atoms with Crippen LogP contribution in [0.1, 0.15) is 25.3 Å². The highest BCUT2D eigenvalue weighted by Crippen LogP contribution is 2.33. The highest BCUT2D eigenvalue weighted by Gasteiger charge is 2.32. The predicted molar refractivity (Wildman–Crippen MR) is 74.2 cm³/mol. The highest BCUT2D eigenvalue weighted by atomic mass is 16.6. The molecule has 1 aromatic heterocycles. The summed E-state index contributed by atoms with van der Waals surface area (Å²) in [6.45, 7) is 5.23. The summed E-state index contributed by atoms with van der Waals surface area (Å²) in [5, 5.41) is 11.2. The van der Waals surface area contributed by atoms with E-state index in [1.807, 2.05) is 11.8 Å². The van der Waals surface area contributed by atoms with Gasteiger partial charge in [0.1, 0.15) is 0 Å². The zero-order valence-electron chi connectivity index (χ0n) is 11.4. The van der Waals surface area contributed by atoms with E-state index >= 15 is 0 Å². The standard InChI is InChI=1S/C13H20N4O2/c1-9-6-11(17(18)19)13(15-8-9)16-5-3-4-10(2)12(16)7-14/h6,8,10,12H,3-5,7,14H2,1-2H3. The molecule has 6 heteroatoms. The van der Waals surface area contributed by atoms with Gasteiger partial charge in [-0.3, -0.25) is 10.1 Å². The summed E-state index contributed by atoms with van der Waals surface area (Å²) < 4.78 is 0. The lowest BCUT2D eigenvalue weighted by Gasteiger charge is -2.39. The maximum atomic E-state index is 11.2. The zero-order chi connectivity index (χ0) is 14.0. The van der Waals surface area contributed by atoms with Gasteiger partial charge in [0.15, 0.2) is 0 Å². The molecule has 1 aliphatic heterocycles. The minimum Gasteiger partial charge on any atom is -0.346 e. The Hall–Kier alpha value is -1.69. The van der Waals surface area contributed by atoms with Crippen molar-refractivity contribution in [1.29, 1.82) is 0 Å². The summed E-state index contributed by atoms with van der Waals surface area (Å²) in [6, 6.07) is 1.71. The van der Waals surface area contributed by atoms with Gasteiger partial charge in [-0.25, -0.2) is 4.98 Å².